The van der Waals surface area contributed by atoms with Gasteiger partial charge in [0.2, 0.25) is 5.91 Å². The Kier molecular flexibility index (Phi) is 2.01. The van der Waals surface area contributed by atoms with Crippen molar-refractivity contribution in [3.8, 4) is 0 Å². The van der Waals surface area contributed by atoms with Crippen molar-refractivity contribution in [1.29, 1.82) is 0 Å². The highest BCUT2D eigenvalue weighted by molar-refractivity contribution is 6.05. The molecule has 2 heterocycles. The van der Waals surface area contributed by atoms with E-state index in [1.165, 1.54) is 7.11 Å². The standard InChI is InChI=1S/C11H15NO4/c1-15-10(14)11(2-3-11)9(13)12-5-8-4-7(12)6-16-8/h7-8H,2-6H2,1H3. The molecule has 3 rings (SSSR count). The summed E-state index contributed by atoms with van der Waals surface area (Å²) in [6.45, 7) is 1.26. The average molecular weight is 225 g/mol. The van der Waals surface area contributed by atoms with Crippen LogP contribution in [-0.4, -0.2) is 49.2 Å². The van der Waals surface area contributed by atoms with Gasteiger partial charge in [0.25, 0.3) is 0 Å². The minimum absolute atomic E-state index is 0.0462. The summed E-state index contributed by atoms with van der Waals surface area (Å²) in [6.07, 6.45) is 2.37. The van der Waals surface area contributed by atoms with Gasteiger partial charge in [0.15, 0.2) is 0 Å². The molecular formula is C11H15NO4. The highest BCUT2D eigenvalue weighted by Gasteiger charge is 2.61. The van der Waals surface area contributed by atoms with E-state index < -0.39 is 5.41 Å². The Bertz CT molecular complexity index is 350. The number of hydrogen-bond acceptors (Lipinski definition) is 4. The summed E-state index contributed by atoms with van der Waals surface area (Å²) in [6, 6.07) is 0.180. The third-order valence-electron chi connectivity index (χ3n) is 3.90. The van der Waals surface area contributed by atoms with E-state index >= 15 is 0 Å². The minimum atomic E-state index is -0.848. The van der Waals surface area contributed by atoms with Crippen LogP contribution in [0.2, 0.25) is 0 Å². The minimum Gasteiger partial charge on any atom is -0.468 e. The second-order valence-corrected chi connectivity index (χ2v) is 4.88. The van der Waals surface area contributed by atoms with Crippen molar-refractivity contribution < 1.29 is 19.1 Å². The van der Waals surface area contributed by atoms with E-state index in [9.17, 15) is 9.59 Å². The number of carbonyl (C=O) groups excluding carboxylic acids is 2. The van der Waals surface area contributed by atoms with Gasteiger partial charge in [0.1, 0.15) is 5.41 Å². The number of methoxy groups -OCH3 is 1. The lowest BCUT2D eigenvalue weighted by atomic mass is 10.1. The van der Waals surface area contributed by atoms with Crippen LogP contribution >= 0.6 is 0 Å². The molecule has 88 valence electrons. The summed E-state index contributed by atoms with van der Waals surface area (Å²) in [5, 5.41) is 0. The Hall–Kier alpha value is -1.10. The molecule has 1 aliphatic carbocycles. The molecule has 2 bridgehead atoms. The van der Waals surface area contributed by atoms with Crippen molar-refractivity contribution in [3.05, 3.63) is 0 Å². The lowest BCUT2D eigenvalue weighted by molar-refractivity contribution is -0.158. The largest absolute Gasteiger partial charge is 0.468 e. The van der Waals surface area contributed by atoms with Gasteiger partial charge >= 0.3 is 5.97 Å². The smallest absolute Gasteiger partial charge is 0.321 e. The van der Waals surface area contributed by atoms with Gasteiger partial charge in [-0.1, -0.05) is 0 Å². The predicted octanol–water partition coefficient (Wildman–Crippen LogP) is -0.0607. The Morgan fingerprint density at radius 2 is 2.19 bits per heavy atom. The first kappa shape index (κ1) is 10.1. The van der Waals surface area contributed by atoms with E-state index in [4.69, 9.17) is 9.47 Å². The molecule has 1 saturated carbocycles. The van der Waals surface area contributed by atoms with E-state index in [-0.39, 0.29) is 24.0 Å². The van der Waals surface area contributed by atoms with Crippen LogP contribution < -0.4 is 0 Å². The maximum atomic E-state index is 12.3. The van der Waals surface area contributed by atoms with Crippen molar-refractivity contribution >= 4 is 11.9 Å². The van der Waals surface area contributed by atoms with Gasteiger partial charge in [0.05, 0.1) is 25.9 Å². The van der Waals surface area contributed by atoms with Crippen LogP contribution in [0.15, 0.2) is 0 Å². The summed E-state index contributed by atoms with van der Waals surface area (Å²) in [7, 11) is 1.34. The molecule has 3 aliphatic rings. The Balaban J connectivity index is 1.76. The van der Waals surface area contributed by atoms with Crippen LogP contribution in [0.3, 0.4) is 0 Å². The van der Waals surface area contributed by atoms with Crippen LogP contribution in [0.25, 0.3) is 0 Å². The Morgan fingerprint density at radius 1 is 1.44 bits per heavy atom. The van der Waals surface area contributed by atoms with E-state index in [0.717, 1.165) is 6.42 Å². The number of nitrogens with zero attached hydrogens (tertiary/aromatic N) is 1. The fourth-order valence-electron chi connectivity index (χ4n) is 2.75. The van der Waals surface area contributed by atoms with Gasteiger partial charge in [-0.05, 0) is 19.3 Å². The van der Waals surface area contributed by atoms with E-state index in [1.54, 1.807) is 0 Å². The number of carbonyl (C=O) groups is 2. The molecule has 2 unspecified atom stereocenters. The molecule has 1 amide bonds. The molecule has 0 spiro atoms. The van der Waals surface area contributed by atoms with Crippen molar-refractivity contribution in [1.82, 2.24) is 4.90 Å². The maximum Gasteiger partial charge on any atom is 0.321 e. The molecular weight excluding hydrogens is 210 g/mol. The van der Waals surface area contributed by atoms with Crippen LogP contribution in [0.1, 0.15) is 19.3 Å². The van der Waals surface area contributed by atoms with Crippen LogP contribution in [0.4, 0.5) is 0 Å². The van der Waals surface area contributed by atoms with E-state index in [2.05, 4.69) is 0 Å². The molecule has 0 aromatic carbocycles. The zero-order valence-electron chi connectivity index (χ0n) is 9.27. The number of ether oxygens (including phenoxy) is 2. The van der Waals surface area contributed by atoms with Gasteiger partial charge < -0.3 is 14.4 Å². The zero-order valence-corrected chi connectivity index (χ0v) is 9.27. The third-order valence-corrected chi connectivity index (χ3v) is 3.90. The molecule has 0 aromatic heterocycles. The summed E-state index contributed by atoms with van der Waals surface area (Å²) in [4.78, 5) is 25.7. The number of fused-ring (bicyclic) bond motifs is 2. The SMILES string of the molecule is COC(=O)C1(C(=O)N2CC3CC2CO3)CC1. The number of rotatable bonds is 2. The molecule has 0 radical (unpaired) electrons. The van der Waals surface area contributed by atoms with Crippen molar-refractivity contribution in [2.75, 3.05) is 20.3 Å². The topological polar surface area (TPSA) is 55.8 Å². The van der Waals surface area contributed by atoms with Crippen LogP contribution in [-0.2, 0) is 19.1 Å². The molecule has 0 N–H and O–H groups in total. The summed E-state index contributed by atoms with van der Waals surface area (Å²) in [5.74, 6) is -0.420. The van der Waals surface area contributed by atoms with Gasteiger partial charge in [0, 0.05) is 6.54 Å². The zero-order chi connectivity index (χ0) is 11.3. The summed E-state index contributed by atoms with van der Waals surface area (Å²) in [5.41, 5.74) is -0.848. The first-order valence-electron chi connectivity index (χ1n) is 5.68. The molecule has 0 aromatic rings. The number of amides is 1. The molecule has 5 nitrogen and oxygen atoms in total. The molecule has 16 heavy (non-hydrogen) atoms. The summed E-state index contributed by atoms with van der Waals surface area (Å²) < 4.78 is 10.2. The highest BCUT2D eigenvalue weighted by Crippen LogP contribution is 2.49. The first-order chi connectivity index (χ1) is 7.67. The molecule has 3 fully saturated rings. The fraction of sp³-hybridized carbons (Fsp3) is 0.818. The highest BCUT2D eigenvalue weighted by atomic mass is 16.5. The van der Waals surface area contributed by atoms with Crippen LogP contribution in [0.5, 0.6) is 0 Å². The molecule has 5 heteroatoms. The van der Waals surface area contributed by atoms with Crippen molar-refractivity contribution in [2.24, 2.45) is 5.41 Å². The number of esters is 1. The lowest BCUT2D eigenvalue weighted by Crippen LogP contribution is -2.47. The Morgan fingerprint density at radius 3 is 2.62 bits per heavy atom. The third kappa shape index (κ3) is 1.21. The second kappa shape index (κ2) is 3.20. The van der Waals surface area contributed by atoms with Crippen LogP contribution in [0, 0.1) is 5.41 Å². The Labute approximate surface area is 93.7 Å². The van der Waals surface area contributed by atoms with E-state index in [1.807, 2.05) is 4.90 Å². The quantitative estimate of drug-likeness (QED) is 0.488. The van der Waals surface area contributed by atoms with E-state index in [0.29, 0.717) is 26.0 Å². The lowest BCUT2D eigenvalue weighted by Gasteiger charge is -2.29. The maximum absolute atomic E-state index is 12.3. The van der Waals surface area contributed by atoms with Gasteiger partial charge in [-0.15, -0.1) is 0 Å². The monoisotopic (exact) mass is 225 g/mol. The van der Waals surface area contributed by atoms with Gasteiger partial charge in [-0.3, -0.25) is 9.59 Å². The van der Waals surface area contributed by atoms with Crippen molar-refractivity contribution in [3.63, 3.8) is 0 Å². The first-order valence-corrected chi connectivity index (χ1v) is 5.68. The average Bonchev–Trinajstić information content (AvgIpc) is 2.85. The second-order valence-electron chi connectivity index (χ2n) is 4.88. The van der Waals surface area contributed by atoms with Crippen molar-refractivity contribution in [2.45, 2.75) is 31.4 Å². The number of hydrogen-bond donors (Lipinski definition) is 0. The fourth-order valence-corrected chi connectivity index (χ4v) is 2.75. The predicted molar refractivity (Wildman–Crippen MR) is 53.5 cm³/mol. The number of morpholine rings is 1. The number of likely N-dealkylation sites (tertiary alicyclic amines) is 1. The normalized spacial score (nSPS) is 33.9. The van der Waals surface area contributed by atoms with Gasteiger partial charge in [-0.25, -0.2) is 0 Å². The molecule has 2 aliphatic heterocycles. The summed E-state index contributed by atoms with van der Waals surface area (Å²) >= 11 is 0. The molecule has 2 atom stereocenters. The van der Waals surface area contributed by atoms with Gasteiger partial charge in [-0.2, -0.15) is 0 Å². The molecule has 2 saturated heterocycles.